The second-order valence-corrected chi connectivity index (χ2v) is 5.35. The monoisotopic (exact) mass is 320 g/mol. The summed E-state index contributed by atoms with van der Waals surface area (Å²) >= 11 is 0. The van der Waals surface area contributed by atoms with Crippen LogP contribution in [0.15, 0.2) is 24.3 Å². The van der Waals surface area contributed by atoms with Crippen LogP contribution in [0.25, 0.3) is 0 Å². The first-order valence-electron chi connectivity index (χ1n) is 7.29. The maximum absolute atomic E-state index is 12.7. The molecule has 2 rings (SSSR count). The molecule has 1 N–H and O–H groups in total. The van der Waals surface area contributed by atoms with Gasteiger partial charge in [-0.2, -0.15) is 5.26 Å². The molecule has 7 heteroatoms. The third-order valence-electron chi connectivity index (χ3n) is 3.58. The first-order valence-corrected chi connectivity index (χ1v) is 7.29. The number of esters is 1. The molecule has 0 aromatic heterocycles. The fraction of sp³-hybridized carbons (Fsp3) is 0.438. The Kier molecular flexibility index (Phi) is 5.52. The fourth-order valence-electron chi connectivity index (χ4n) is 2.41. The minimum atomic E-state index is -0.839. The van der Waals surface area contributed by atoms with E-state index in [1.807, 2.05) is 0 Å². The summed E-state index contributed by atoms with van der Waals surface area (Å²) in [6, 6.07) is 7.29. The van der Waals surface area contributed by atoms with Crippen molar-refractivity contribution < 1.29 is 23.5 Å². The largest absolute Gasteiger partial charge is 0.482 e. The molecule has 0 atom stereocenters. The van der Waals surface area contributed by atoms with Gasteiger partial charge in [-0.1, -0.05) is 0 Å². The van der Waals surface area contributed by atoms with Gasteiger partial charge in [0, 0.05) is 0 Å². The molecule has 0 unspecified atom stereocenters. The van der Waals surface area contributed by atoms with Crippen molar-refractivity contribution in [1.82, 2.24) is 5.32 Å². The summed E-state index contributed by atoms with van der Waals surface area (Å²) in [6.07, 6.45) is 2.99. The lowest BCUT2D eigenvalue weighted by molar-refractivity contribution is -0.150. The van der Waals surface area contributed by atoms with Crippen LogP contribution in [-0.4, -0.2) is 30.6 Å². The van der Waals surface area contributed by atoms with E-state index in [2.05, 4.69) is 11.4 Å². The summed E-state index contributed by atoms with van der Waals surface area (Å²) in [6.45, 7) is -0.850. The van der Waals surface area contributed by atoms with Crippen LogP contribution in [0.4, 0.5) is 4.39 Å². The molecule has 1 aliphatic rings. The second kappa shape index (κ2) is 7.58. The third kappa shape index (κ3) is 4.95. The van der Waals surface area contributed by atoms with Gasteiger partial charge in [-0.3, -0.25) is 4.79 Å². The van der Waals surface area contributed by atoms with Gasteiger partial charge < -0.3 is 14.8 Å². The lowest BCUT2D eigenvalue weighted by Gasteiger charge is -2.21. The highest BCUT2D eigenvalue weighted by Gasteiger charge is 2.35. The SMILES string of the molecule is N#CC1(NC(=O)COC(=O)COc2ccc(F)cc2)CCCC1. The zero-order chi connectivity index (χ0) is 16.7. The van der Waals surface area contributed by atoms with Crippen molar-refractivity contribution in [2.24, 2.45) is 0 Å². The number of hydrogen-bond acceptors (Lipinski definition) is 5. The molecule has 0 bridgehead atoms. The van der Waals surface area contributed by atoms with Crippen LogP contribution in [0.5, 0.6) is 5.75 Å². The molecular weight excluding hydrogens is 303 g/mol. The van der Waals surface area contributed by atoms with Gasteiger partial charge in [0.15, 0.2) is 13.2 Å². The third-order valence-corrected chi connectivity index (χ3v) is 3.58. The van der Waals surface area contributed by atoms with Crippen molar-refractivity contribution in [3.8, 4) is 11.8 Å². The van der Waals surface area contributed by atoms with Gasteiger partial charge in [-0.15, -0.1) is 0 Å². The van der Waals surface area contributed by atoms with Crippen LogP contribution in [0.1, 0.15) is 25.7 Å². The predicted molar refractivity (Wildman–Crippen MR) is 77.8 cm³/mol. The van der Waals surface area contributed by atoms with E-state index in [4.69, 9.17) is 14.7 Å². The molecule has 1 fully saturated rings. The van der Waals surface area contributed by atoms with Gasteiger partial charge in [-0.25, -0.2) is 9.18 Å². The van der Waals surface area contributed by atoms with Crippen LogP contribution in [0.2, 0.25) is 0 Å². The van der Waals surface area contributed by atoms with Gasteiger partial charge in [0.25, 0.3) is 5.91 Å². The van der Waals surface area contributed by atoms with Gasteiger partial charge in [0.2, 0.25) is 0 Å². The Balaban J connectivity index is 1.70. The minimum absolute atomic E-state index is 0.321. The summed E-state index contributed by atoms with van der Waals surface area (Å²) in [4.78, 5) is 23.3. The maximum Gasteiger partial charge on any atom is 0.344 e. The molecule has 6 nitrogen and oxygen atoms in total. The molecule has 0 spiro atoms. The van der Waals surface area contributed by atoms with Crippen molar-refractivity contribution in [3.63, 3.8) is 0 Å². The number of halogens is 1. The van der Waals surface area contributed by atoms with Crippen molar-refractivity contribution in [1.29, 1.82) is 5.26 Å². The maximum atomic E-state index is 12.7. The zero-order valence-electron chi connectivity index (χ0n) is 12.5. The second-order valence-electron chi connectivity index (χ2n) is 5.35. The van der Waals surface area contributed by atoms with Crippen LogP contribution in [0, 0.1) is 17.1 Å². The lowest BCUT2D eigenvalue weighted by atomic mass is 10.00. The molecule has 1 aliphatic carbocycles. The van der Waals surface area contributed by atoms with E-state index in [1.54, 1.807) is 0 Å². The summed E-state index contributed by atoms with van der Waals surface area (Å²) < 4.78 is 22.6. The Morgan fingerprint density at radius 3 is 2.48 bits per heavy atom. The first-order chi connectivity index (χ1) is 11.0. The Morgan fingerprint density at radius 1 is 1.22 bits per heavy atom. The number of hydrogen-bond donors (Lipinski definition) is 1. The summed E-state index contributed by atoms with van der Waals surface area (Å²) in [5, 5.41) is 11.8. The Labute approximate surface area is 133 Å². The van der Waals surface area contributed by atoms with Crippen LogP contribution in [-0.2, 0) is 14.3 Å². The number of nitrogens with zero attached hydrogens (tertiary/aromatic N) is 1. The highest BCUT2D eigenvalue weighted by atomic mass is 19.1. The van der Waals surface area contributed by atoms with Crippen molar-refractivity contribution in [2.45, 2.75) is 31.2 Å². The summed E-state index contributed by atoms with van der Waals surface area (Å²) in [5.74, 6) is -1.32. The van der Waals surface area contributed by atoms with E-state index < -0.39 is 29.8 Å². The molecule has 0 heterocycles. The van der Waals surface area contributed by atoms with E-state index in [1.165, 1.54) is 24.3 Å². The Hall–Kier alpha value is -2.62. The molecule has 1 aromatic carbocycles. The molecule has 1 saturated carbocycles. The molecule has 0 aliphatic heterocycles. The minimum Gasteiger partial charge on any atom is -0.482 e. The van der Waals surface area contributed by atoms with E-state index in [-0.39, 0.29) is 6.61 Å². The number of amides is 1. The van der Waals surface area contributed by atoms with Crippen molar-refractivity contribution >= 4 is 11.9 Å². The number of carbonyl (C=O) groups excluding carboxylic acids is 2. The predicted octanol–water partition coefficient (Wildman–Crippen LogP) is 1.70. The molecular formula is C16H17FN2O4. The van der Waals surface area contributed by atoms with Crippen molar-refractivity contribution in [2.75, 3.05) is 13.2 Å². The number of nitriles is 1. The average Bonchev–Trinajstić information content (AvgIpc) is 3.01. The number of ether oxygens (including phenoxy) is 2. The molecule has 0 radical (unpaired) electrons. The fourth-order valence-corrected chi connectivity index (χ4v) is 2.41. The van der Waals surface area contributed by atoms with Gasteiger partial charge >= 0.3 is 5.97 Å². The summed E-state index contributed by atoms with van der Waals surface area (Å²) in [7, 11) is 0. The van der Waals surface area contributed by atoms with Crippen molar-refractivity contribution in [3.05, 3.63) is 30.1 Å². The Bertz CT molecular complexity index is 604. The number of nitrogens with one attached hydrogen (secondary N) is 1. The zero-order valence-corrected chi connectivity index (χ0v) is 12.5. The number of benzene rings is 1. The van der Waals surface area contributed by atoms with E-state index in [0.717, 1.165) is 12.8 Å². The number of rotatable bonds is 6. The average molecular weight is 320 g/mol. The quantitative estimate of drug-likeness (QED) is 0.806. The molecule has 0 saturated heterocycles. The van der Waals surface area contributed by atoms with E-state index in [9.17, 15) is 14.0 Å². The molecule has 23 heavy (non-hydrogen) atoms. The smallest absolute Gasteiger partial charge is 0.344 e. The molecule has 122 valence electrons. The van der Waals surface area contributed by atoms with Crippen LogP contribution < -0.4 is 10.1 Å². The highest BCUT2D eigenvalue weighted by Crippen LogP contribution is 2.28. The van der Waals surface area contributed by atoms with E-state index in [0.29, 0.717) is 18.6 Å². The van der Waals surface area contributed by atoms with E-state index >= 15 is 0 Å². The molecule has 1 aromatic rings. The Morgan fingerprint density at radius 2 is 1.87 bits per heavy atom. The first kappa shape index (κ1) is 16.7. The van der Waals surface area contributed by atoms with Gasteiger partial charge in [-0.05, 0) is 49.9 Å². The van der Waals surface area contributed by atoms with Gasteiger partial charge in [0.1, 0.15) is 17.1 Å². The van der Waals surface area contributed by atoms with Crippen LogP contribution >= 0.6 is 0 Å². The molecule has 1 amide bonds. The lowest BCUT2D eigenvalue weighted by Crippen LogP contribution is -2.46. The normalized spacial score (nSPS) is 15.5. The highest BCUT2D eigenvalue weighted by molar-refractivity contribution is 5.81. The van der Waals surface area contributed by atoms with Gasteiger partial charge in [0.05, 0.1) is 6.07 Å². The summed E-state index contributed by atoms with van der Waals surface area (Å²) in [5.41, 5.74) is -0.839. The topological polar surface area (TPSA) is 88.4 Å². The number of carbonyl (C=O) groups is 2. The standard InChI is InChI=1S/C16H17FN2O4/c17-12-3-5-13(6-4-12)22-10-15(21)23-9-14(20)19-16(11-18)7-1-2-8-16/h3-6H,1-2,7-10H2,(H,19,20). The van der Waals surface area contributed by atoms with Crippen LogP contribution in [0.3, 0.4) is 0 Å².